The molecule has 0 amide bonds. The van der Waals surface area contributed by atoms with Crippen LogP contribution in [0.15, 0.2) is 22.7 Å². The molecule has 1 N–H and O–H groups in total. The summed E-state index contributed by atoms with van der Waals surface area (Å²) in [7, 11) is 0. The number of aliphatic hydroxyl groups excluding tert-OH is 1. The molecule has 3 rings (SSSR count). The van der Waals surface area contributed by atoms with Crippen molar-refractivity contribution in [2.45, 2.75) is 25.0 Å². The van der Waals surface area contributed by atoms with Gasteiger partial charge in [0.05, 0.1) is 12.7 Å². The van der Waals surface area contributed by atoms with Crippen LogP contribution in [-0.4, -0.2) is 30.9 Å². The van der Waals surface area contributed by atoms with Gasteiger partial charge in [-0.05, 0) is 25.0 Å². The van der Waals surface area contributed by atoms with E-state index in [0.717, 1.165) is 48.3 Å². The molecule has 1 saturated heterocycles. The highest BCUT2D eigenvalue weighted by Crippen LogP contribution is 2.39. The molecule has 0 aliphatic carbocycles. The molecule has 2 unspecified atom stereocenters. The molecule has 1 aromatic carbocycles. The summed E-state index contributed by atoms with van der Waals surface area (Å²) in [5.74, 6) is 0. The quantitative estimate of drug-likeness (QED) is 0.799. The van der Waals surface area contributed by atoms with Crippen LogP contribution in [0.25, 0.3) is 0 Å². The van der Waals surface area contributed by atoms with E-state index >= 15 is 0 Å². The number of fused-ring (bicyclic) bond motifs is 3. The molecule has 2 atom stereocenters. The Morgan fingerprint density at radius 2 is 2.24 bits per heavy atom. The number of halogens is 1. The van der Waals surface area contributed by atoms with Gasteiger partial charge in [0, 0.05) is 34.9 Å². The second-order valence-corrected chi connectivity index (χ2v) is 5.62. The standard InChI is InChI=1S/C13H16BrNO2/c14-9-1-2-11-12(7-9)15-4-6-17-5-3-10(15)8-13(11)16/h1-2,7,10,13,16H,3-6,8H2. The molecule has 0 aromatic heterocycles. The van der Waals surface area contributed by atoms with E-state index in [4.69, 9.17) is 4.74 Å². The summed E-state index contributed by atoms with van der Waals surface area (Å²) in [6.45, 7) is 2.50. The summed E-state index contributed by atoms with van der Waals surface area (Å²) >= 11 is 3.51. The first kappa shape index (κ1) is 11.5. The SMILES string of the molecule is OC1CC2CCOCCN2c2cc(Br)ccc21. The smallest absolute Gasteiger partial charge is 0.0829 e. The van der Waals surface area contributed by atoms with Gasteiger partial charge in [-0.2, -0.15) is 0 Å². The van der Waals surface area contributed by atoms with Crippen molar-refractivity contribution < 1.29 is 9.84 Å². The monoisotopic (exact) mass is 297 g/mol. The summed E-state index contributed by atoms with van der Waals surface area (Å²) in [6.07, 6.45) is 1.48. The Labute approximate surface area is 110 Å². The molecule has 1 aromatic rings. The van der Waals surface area contributed by atoms with Crippen molar-refractivity contribution in [3.05, 3.63) is 28.2 Å². The van der Waals surface area contributed by atoms with Crippen LogP contribution in [0.2, 0.25) is 0 Å². The maximum atomic E-state index is 10.2. The first-order chi connectivity index (χ1) is 8.25. The lowest BCUT2D eigenvalue weighted by Crippen LogP contribution is -2.41. The van der Waals surface area contributed by atoms with Gasteiger partial charge in [0.1, 0.15) is 0 Å². The fraction of sp³-hybridized carbons (Fsp3) is 0.538. The third kappa shape index (κ3) is 2.09. The van der Waals surface area contributed by atoms with E-state index in [1.165, 1.54) is 0 Å². The average Bonchev–Trinajstić information content (AvgIpc) is 2.54. The number of nitrogens with zero attached hydrogens (tertiary/aromatic N) is 1. The Kier molecular flexibility index (Phi) is 3.11. The van der Waals surface area contributed by atoms with E-state index in [-0.39, 0.29) is 6.10 Å². The van der Waals surface area contributed by atoms with Gasteiger partial charge in [-0.1, -0.05) is 22.0 Å². The molecule has 17 heavy (non-hydrogen) atoms. The first-order valence-electron chi connectivity index (χ1n) is 6.07. The number of ether oxygens (including phenoxy) is 1. The Morgan fingerprint density at radius 3 is 3.12 bits per heavy atom. The number of anilines is 1. The number of hydrogen-bond acceptors (Lipinski definition) is 3. The zero-order chi connectivity index (χ0) is 11.8. The van der Waals surface area contributed by atoms with Crippen LogP contribution >= 0.6 is 15.9 Å². The molecular formula is C13H16BrNO2. The van der Waals surface area contributed by atoms with E-state index in [1.54, 1.807) is 0 Å². The highest BCUT2D eigenvalue weighted by molar-refractivity contribution is 9.10. The number of hydrogen-bond donors (Lipinski definition) is 1. The van der Waals surface area contributed by atoms with E-state index in [2.05, 4.69) is 26.9 Å². The van der Waals surface area contributed by atoms with Crippen molar-refractivity contribution >= 4 is 21.6 Å². The largest absolute Gasteiger partial charge is 0.388 e. The van der Waals surface area contributed by atoms with Crippen LogP contribution < -0.4 is 4.90 Å². The van der Waals surface area contributed by atoms with Gasteiger partial charge in [0.25, 0.3) is 0 Å². The van der Waals surface area contributed by atoms with E-state index in [1.807, 2.05) is 12.1 Å². The second-order valence-electron chi connectivity index (χ2n) is 4.70. The molecule has 3 nitrogen and oxygen atoms in total. The van der Waals surface area contributed by atoms with E-state index in [9.17, 15) is 5.11 Å². The third-order valence-corrected chi connectivity index (χ3v) is 4.16. The number of rotatable bonds is 0. The lowest BCUT2D eigenvalue weighted by Gasteiger charge is -2.39. The molecule has 0 saturated carbocycles. The molecule has 2 aliphatic rings. The minimum Gasteiger partial charge on any atom is -0.388 e. The van der Waals surface area contributed by atoms with Gasteiger partial charge in [0.2, 0.25) is 0 Å². The maximum Gasteiger partial charge on any atom is 0.0829 e. The summed E-state index contributed by atoms with van der Waals surface area (Å²) < 4.78 is 6.60. The second kappa shape index (κ2) is 4.59. The van der Waals surface area contributed by atoms with Gasteiger partial charge >= 0.3 is 0 Å². The minimum atomic E-state index is -0.336. The van der Waals surface area contributed by atoms with Gasteiger partial charge in [-0.3, -0.25) is 0 Å². The molecule has 4 heteroatoms. The Morgan fingerprint density at radius 1 is 1.35 bits per heavy atom. The number of benzene rings is 1. The lowest BCUT2D eigenvalue weighted by atomic mass is 9.92. The zero-order valence-corrected chi connectivity index (χ0v) is 11.2. The van der Waals surface area contributed by atoms with Gasteiger partial charge in [-0.25, -0.2) is 0 Å². The van der Waals surface area contributed by atoms with Crippen LogP contribution in [-0.2, 0) is 4.74 Å². The highest BCUT2D eigenvalue weighted by atomic mass is 79.9. The van der Waals surface area contributed by atoms with E-state index in [0.29, 0.717) is 6.04 Å². The van der Waals surface area contributed by atoms with Crippen molar-refractivity contribution in [3.8, 4) is 0 Å². The predicted molar refractivity (Wildman–Crippen MR) is 70.3 cm³/mol. The maximum absolute atomic E-state index is 10.2. The van der Waals surface area contributed by atoms with Crippen molar-refractivity contribution in [3.63, 3.8) is 0 Å². The Bertz CT molecular complexity index is 424. The first-order valence-corrected chi connectivity index (χ1v) is 6.87. The van der Waals surface area contributed by atoms with Crippen LogP contribution in [0.1, 0.15) is 24.5 Å². The molecular weight excluding hydrogens is 282 g/mol. The minimum absolute atomic E-state index is 0.336. The van der Waals surface area contributed by atoms with Crippen molar-refractivity contribution in [2.24, 2.45) is 0 Å². The molecule has 0 spiro atoms. The van der Waals surface area contributed by atoms with Crippen LogP contribution in [0, 0.1) is 0 Å². The Balaban J connectivity index is 2.03. The van der Waals surface area contributed by atoms with Crippen LogP contribution in [0.4, 0.5) is 5.69 Å². The van der Waals surface area contributed by atoms with Crippen LogP contribution in [0.5, 0.6) is 0 Å². The van der Waals surface area contributed by atoms with E-state index < -0.39 is 0 Å². The number of aliphatic hydroxyl groups is 1. The zero-order valence-electron chi connectivity index (χ0n) is 9.60. The summed E-state index contributed by atoms with van der Waals surface area (Å²) in [6, 6.07) is 6.54. The fourth-order valence-corrected chi connectivity index (χ4v) is 3.17. The van der Waals surface area contributed by atoms with Crippen molar-refractivity contribution in [1.82, 2.24) is 0 Å². The molecule has 0 bridgehead atoms. The van der Waals surface area contributed by atoms with Crippen molar-refractivity contribution in [2.75, 3.05) is 24.7 Å². The molecule has 2 heterocycles. The average molecular weight is 298 g/mol. The predicted octanol–water partition coefficient (Wildman–Crippen LogP) is 2.48. The molecule has 92 valence electrons. The molecule has 0 radical (unpaired) electrons. The topological polar surface area (TPSA) is 32.7 Å². The molecule has 2 aliphatic heterocycles. The molecule has 1 fully saturated rings. The van der Waals surface area contributed by atoms with Crippen molar-refractivity contribution in [1.29, 1.82) is 0 Å². The summed E-state index contributed by atoms with van der Waals surface area (Å²) in [4.78, 5) is 2.39. The van der Waals surface area contributed by atoms with Gasteiger partial charge in [0.15, 0.2) is 0 Å². The third-order valence-electron chi connectivity index (χ3n) is 3.67. The fourth-order valence-electron chi connectivity index (χ4n) is 2.82. The highest BCUT2D eigenvalue weighted by Gasteiger charge is 2.32. The lowest BCUT2D eigenvalue weighted by molar-refractivity contribution is 0.135. The Hall–Kier alpha value is -0.580. The normalized spacial score (nSPS) is 28.2. The summed E-state index contributed by atoms with van der Waals surface area (Å²) in [5.41, 5.74) is 2.21. The van der Waals surface area contributed by atoms with Crippen LogP contribution in [0.3, 0.4) is 0 Å². The van der Waals surface area contributed by atoms with Gasteiger partial charge in [-0.15, -0.1) is 0 Å². The summed E-state index contributed by atoms with van der Waals surface area (Å²) in [5, 5.41) is 10.2. The van der Waals surface area contributed by atoms with Gasteiger partial charge < -0.3 is 14.7 Å².